The maximum Gasteiger partial charge on any atom is 0.116 e. The number of ether oxygens (including phenoxy) is 2. The normalized spacial score (nSPS) is 13.0. The second-order valence-electron chi connectivity index (χ2n) is 2.58. The van der Waals surface area contributed by atoms with Crippen LogP contribution in [-0.4, -0.2) is 25.4 Å². The topological polar surface area (TPSA) is 18.5 Å². The van der Waals surface area contributed by atoms with Crippen LogP contribution >= 0.6 is 0 Å². The van der Waals surface area contributed by atoms with Gasteiger partial charge < -0.3 is 9.47 Å². The summed E-state index contributed by atoms with van der Waals surface area (Å²) >= 11 is 0. The molecule has 0 aliphatic heterocycles. The van der Waals surface area contributed by atoms with E-state index < -0.39 is 0 Å². The van der Waals surface area contributed by atoms with E-state index in [2.05, 4.69) is 5.92 Å². The largest absolute Gasteiger partial charge is 0.376 e. The number of hydrogen-bond acceptors (Lipinski definition) is 2. The van der Waals surface area contributed by atoms with Gasteiger partial charge in [0.15, 0.2) is 0 Å². The van der Waals surface area contributed by atoms with E-state index in [0.29, 0.717) is 13.2 Å². The Morgan fingerprint density at radius 1 is 1.18 bits per heavy atom. The van der Waals surface area contributed by atoms with E-state index in [1.807, 2.05) is 13.8 Å². The summed E-state index contributed by atoms with van der Waals surface area (Å²) in [6, 6.07) is 0. The molecule has 11 heavy (non-hydrogen) atoms. The maximum atomic E-state index is 6.71. The van der Waals surface area contributed by atoms with Crippen LogP contribution in [0.25, 0.3) is 0 Å². The van der Waals surface area contributed by atoms with Crippen LogP contribution in [0.1, 0.15) is 20.8 Å². The zero-order valence-electron chi connectivity index (χ0n) is 7.39. The molecule has 0 saturated heterocycles. The Labute approximate surface area is 68.9 Å². The molecule has 0 rings (SSSR count). The smallest absolute Gasteiger partial charge is 0.116 e. The van der Waals surface area contributed by atoms with E-state index in [4.69, 9.17) is 15.9 Å². The van der Waals surface area contributed by atoms with Crippen molar-refractivity contribution in [2.45, 2.75) is 33.0 Å². The van der Waals surface area contributed by atoms with Crippen LogP contribution in [0.15, 0.2) is 0 Å². The van der Waals surface area contributed by atoms with Crippen molar-refractivity contribution in [2.24, 2.45) is 0 Å². The van der Waals surface area contributed by atoms with Crippen LogP contribution < -0.4 is 0 Å². The van der Waals surface area contributed by atoms with Gasteiger partial charge >= 0.3 is 0 Å². The molecule has 0 bridgehead atoms. The van der Waals surface area contributed by atoms with Crippen molar-refractivity contribution in [1.29, 1.82) is 0 Å². The third-order valence-electron chi connectivity index (χ3n) is 1.11. The lowest BCUT2D eigenvalue weighted by molar-refractivity contribution is 0.00857. The van der Waals surface area contributed by atoms with E-state index in [9.17, 15) is 0 Å². The molecule has 2 heteroatoms. The summed E-state index contributed by atoms with van der Waals surface area (Å²) in [4.78, 5) is 0. The number of hydrogen-bond donors (Lipinski definition) is 0. The summed E-state index contributed by atoms with van der Waals surface area (Å²) in [5, 5.41) is 0. The fraction of sp³-hybridized carbons (Fsp3) is 0.778. The average molecular weight is 155 g/mol. The first-order valence-electron chi connectivity index (χ1n) is 3.82. The molecule has 0 aliphatic rings. The summed E-state index contributed by atoms with van der Waals surface area (Å²) in [5.41, 5.74) is 0. The molecule has 63 valence electrons. The Morgan fingerprint density at radius 2 is 1.73 bits per heavy atom. The van der Waals surface area contributed by atoms with Crippen LogP contribution in [0.3, 0.4) is 0 Å². The summed E-state index contributed by atoms with van der Waals surface area (Å²) in [6.07, 6.45) is 6.74. The van der Waals surface area contributed by atoms with Crippen LogP contribution in [0.4, 0.5) is 0 Å². The molecule has 0 N–H and O–H groups in total. The van der Waals surface area contributed by atoms with Crippen molar-refractivity contribution in [3.63, 3.8) is 0 Å². The molecule has 1 atom stereocenters. The van der Waals surface area contributed by atoms with Gasteiger partial charge in [0.2, 0.25) is 0 Å². The predicted octanol–water partition coefficient (Wildman–Crippen LogP) is 1.41. The molecule has 0 saturated carbocycles. The molecule has 0 aromatic carbocycles. The van der Waals surface area contributed by atoms with Gasteiger partial charge in [0.05, 0.1) is 19.3 Å². The molecule has 1 radical (unpaired) electrons. The highest BCUT2D eigenvalue weighted by Crippen LogP contribution is 1.90. The van der Waals surface area contributed by atoms with E-state index in [1.54, 1.807) is 6.92 Å². The molecule has 0 spiro atoms. The lowest BCUT2D eigenvalue weighted by atomic mass is 10.4. The molecule has 1 unspecified atom stereocenters. The molecule has 0 aliphatic carbocycles. The highest BCUT2D eigenvalue weighted by atomic mass is 16.5. The minimum Gasteiger partial charge on any atom is -0.376 e. The van der Waals surface area contributed by atoms with E-state index in [1.165, 1.54) is 0 Å². The monoisotopic (exact) mass is 155 g/mol. The van der Waals surface area contributed by atoms with Crippen LogP contribution in [0, 0.1) is 12.3 Å². The predicted molar refractivity (Wildman–Crippen MR) is 43.6 cm³/mol. The van der Waals surface area contributed by atoms with Gasteiger partial charge in [0.25, 0.3) is 0 Å². The van der Waals surface area contributed by atoms with Gasteiger partial charge in [-0.25, -0.2) is 0 Å². The third kappa shape index (κ3) is 7.38. The van der Waals surface area contributed by atoms with Gasteiger partial charge in [-0.05, 0) is 27.2 Å². The molecule has 0 aromatic rings. The van der Waals surface area contributed by atoms with Gasteiger partial charge in [-0.2, -0.15) is 0 Å². The Morgan fingerprint density at radius 3 is 2.18 bits per heavy atom. The first kappa shape index (κ1) is 10.5. The summed E-state index contributed by atoms with van der Waals surface area (Å²) in [7, 11) is 0. The molecular weight excluding hydrogens is 140 g/mol. The van der Waals surface area contributed by atoms with Crippen LogP contribution in [-0.2, 0) is 9.47 Å². The maximum absolute atomic E-state index is 6.71. The Balaban J connectivity index is 3.10. The summed E-state index contributed by atoms with van der Waals surface area (Å²) in [6.45, 7) is 6.86. The van der Waals surface area contributed by atoms with E-state index >= 15 is 0 Å². The van der Waals surface area contributed by atoms with Gasteiger partial charge in [-0.1, -0.05) is 5.92 Å². The zero-order chi connectivity index (χ0) is 8.69. The van der Waals surface area contributed by atoms with Gasteiger partial charge in [0.1, 0.15) is 6.10 Å². The lowest BCUT2D eigenvalue weighted by Gasteiger charge is -2.09. The molecular formula is C9H15O2. The summed E-state index contributed by atoms with van der Waals surface area (Å²) < 4.78 is 10.3. The quantitative estimate of drug-likeness (QED) is 0.441. The Bertz CT molecular complexity index is 124. The van der Waals surface area contributed by atoms with Gasteiger partial charge in [-0.15, -0.1) is 0 Å². The van der Waals surface area contributed by atoms with Crippen molar-refractivity contribution in [3.8, 4) is 5.92 Å². The minimum atomic E-state index is -0.217. The molecule has 0 amide bonds. The highest BCUT2D eigenvalue weighted by Gasteiger charge is 1.96. The second-order valence-corrected chi connectivity index (χ2v) is 2.58. The fourth-order valence-corrected chi connectivity index (χ4v) is 0.550. The van der Waals surface area contributed by atoms with E-state index in [0.717, 1.165) is 0 Å². The van der Waals surface area contributed by atoms with Gasteiger partial charge in [0, 0.05) is 0 Å². The van der Waals surface area contributed by atoms with Crippen molar-refractivity contribution in [2.75, 3.05) is 13.2 Å². The molecule has 0 fully saturated rings. The Hall–Kier alpha value is -0.520. The molecule has 0 aromatic heterocycles. The number of rotatable bonds is 5. The van der Waals surface area contributed by atoms with Crippen LogP contribution in [0.5, 0.6) is 0 Å². The molecule has 0 heterocycles. The minimum absolute atomic E-state index is 0.217. The van der Waals surface area contributed by atoms with Crippen molar-refractivity contribution in [3.05, 3.63) is 6.42 Å². The average Bonchev–Trinajstić information content (AvgIpc) is 1.97. The lowest BCUT2D eigenvalue weighted by Crippen LogP contribution is -2.13. The van der Waals surface area contributed by atoms with Gasteiger partial charge in [-0.3, -0.25) is 0 Å². The third-order valence-corrected chi connectivity index (χ3v) is 1.11. The first-order chi connectivity index (χ1) is 5.16. The Kier molecular flexibility index (Phi) is 5.91. The van der Waals surface area contributed by atoms with Crippen molar-refractivity contribution >= 4 is 0 Å². The van der Waals surface area contributed by atoms with Crippen molar-refractivity contribution < 1.29 is 9.47 Å². The highest BCUT2D eigenvalue weighted by molar-refractivity contribution is 4.84. The molecule has 2 nitrogen and oxygen atoms in total. The zero-order valence-corrected chi connectivity index (χ0v) is 7.39. The van der Waals surface area contributed by atoms with Crippen molar-refractivity contribution in [1.82, 2.24) is 0 Å². The fourth-order valence-electron chi connectivity index (χ4n) is 0.550. The second kappa shape index (κ2) is 6.21. The van der Waals surface area contributed by atoms with E-state index in [-0.39, 0.29) is 12.2 Å². The van der Waals surface area contributed by atoms with Crippen LogP contribution in [0.2, 0.25) is 0 Å². The summed E-state index contributed by atoms with van der Waals surface area (Å²) in [5.74, 6) is 2.23. The standard InChI is InChI=1S/C9H15O2/c1-5-9(4)11-7-6-10-8(2)3/h8-9H,6-7H2,2-4H3. The SMILES string of the molecule is [C]#CC(C)OCCOC(C)C. The first-order valence-corrected chi connectivity index (χ1v) is 3.82.